The van der Waals surface area contributed by atoms with Crippen molar-refractivity contribution in [2.45, 2.75) is 23.6 Å². The van der Waals surface area contributed by atoms with Gasteiger partial charge in [0.15, 0.2) is 13.0 Å². The minimum absolute atomic E-state index is 0.260. The number of hydrogen-bond acceptors (Lipinski definition) is 5. The number of thioether (sulfide) groups is 1. The summed E-state index contributed by atoms with van der Waals surface area (Å²) in [6.07, 6.45) is 0.516. The first-order valence-electron chi connectivity index (χ1n) is 6.27. The van der Waals surface area contributed by atoms with Crippen LogP contribution < -0.4 is 15.1 Å². The van der Waals surface area contributed by atoms with E-state index in [1.807, 2.05) is 6.92 Å². The van der Waals surface area contributed by atoms with Gasteiger partial charge in [-0.1, -0.05) is 11.6 Å². The van der Waals surface area contributed by atoms with E-state index in [1.54, 1.807) is 7.05 Å². The second-order valence-corrected chi connectivity index (χ2v) is 5.49. The Morgan fingerprint density at radius 3 is 2.71 bits per heavy atom. The Morgan fingerprint density at radius 1 is 1.52 bits per heavy atom. The summed E-state index contributed by atoms with van der Waals surface area (Å²) in [5.74, 6) is -1.22. The number of nitrogens with zero attached hydrogens (tertiary/aromatic N) is 2. The zero-order chi connectivity index (χ0) is 15.4. The number of rotatable bonds is 5. The van der Waals surface area contributed by atoms with E-state index in [0.29, 0.717) is 12.1 Å². The molecule has 1 heterocycles. The van der Waals surface area contributed by atoms with Gasteiger partial charge in [-0.05, 0) is 42.4 Å². The van der Waals surface area contributed by atoms with Crippen LogP contribution >= 0.6 is 11.8 Å². The van der Waals surface area contributed by atoms with E-state index in [9.17, 15) is 14.3 Å². The van der Waals surface area contributed by atoms with Crippen molar-refractivity contribution in [3.8, 4) is 5.95 Å². The quantitative estimate of drug-likeness (QED) is 0.663. The number of nitrogens with one attached hydrogen (secondary N) is 1. The van der Waals surface area contributed by atoms with Gasteiger partial charge in [0.1, 0.15) is 5.82 Å². The Hall–Kier alpha value is -2.09. The summed E-state index contributed by atoms with van der Waals surface area (Å²) >= 11 is 1.09. The zero-order valence-corrected chi connectivity index (χ0v) is 12.3. The van der Waals surface area contributed by atoms with E-state index in [1.165, 1.54) is 28.9 Å². The van der Waals surface area contributed by atoms with Gasteiger partial charge in [-0.3, -0.25) is 4.79 Å². The van der Waals surface area contributed by atoms with Gasteiger partial charge in [0.05, 0.1) is 10.5 Å². The van der Waals surface area contributed by atoms with E-state index in [2.05, 4.69) is 15.1 Å². The molecular weight excluding hydrogens is 297 g/mol. The van der Waals surface area contributed by atoms with Crippen molar-refractivity contribution in [1.29, 1.82) is 0 Å². The Labute approximate surface area is 124 Å². The fraction of sp³-hybridized carbons (Fsp3) is 0.308. The van der Waals surface area contributed by atoms with Gasteiger partial charge in [-0.25, -0.2) is 4.39 Å². The maximum atomic E-state index is 12.8. The highest BCUT2D eigenvalue weighted by molar-refractivity contribution is 8.00. The molecular formula is C13H14FN3O3S. The van der Waals surface area contributed by atoms with E-state index in [4.69, 9.17) is 0 Å². The second kappa shape index (κ2) is 6.57. The van der Waals surface area contributed by atoms with Gasteiger partial charge in [0.2, 0.25) is 5.91 Å². The molecule has 0 radical (unpaired) electrons. The molecule has 1 aromatic heterocycles. The van der Waals surface area contributed by atoms with Gasteiger partial charge in [-0.2, -0.15) is 0 Å². The summed E-state index contributed by atoms with van der Waals surface area (Å²) in [7, 11) is 1.57. The molecule has 1 amide bonds. The molecule has 1 aromatic carbocycles. The summed E-state index contributed by atoms with van der Waals surface area (Å²) in [5.41, 5.74) is 0.498. The van der Waals surface area contributed by atoms with Gasteiger partial charge in [-0.15, -0.1) is 0 Å². The fourth-order valence-corrected chi connectivity index (χ4v) is 2.57. The molecule has 0 aliphatic carbocycles. The predicted octanol–water partition coefficient (Wildman–Crippen LogP) is 1.22. The van der Waals surface area contributed by atoms with E-state index in [0.717, 1.165) is 11.8 Å². The lowest BCUT2D eigenvalue weighted by Crippen LogP contribution is -2.34. The third-order valence-corrected chi connectivity index (χ3v) is 4.23. The molecule has 0 aliphatic rings. The van der Waals surface area contributed by atoms with Crippen LogP contribution in [0.5, 0.6) is 5.95 Å². The lowest BCUT2D eigenvalue weighted by atomic mass is 10.2. The SMILES string of the molecule is CCC(Sc1c([O-])on[n+]1C)C(=O)Nc1ccc(F)cc1. The molecule has 112 valence electrons. The van der Waals surface area contributed by atoms with Crippen molar-refractivity contribution in [1.82, 2.24) is 5.27 Å². The molecule has 2 rings (SSSR count). The Bertz CT molecular complexity index is 611. The van der Waals surface area contributed by atoms with E-state index < -0.39 is 11.2 Å². The second-order valence-electron chi connectivity index (χ2n) is 4.30. The van der Waals surface area contributed by atoms with Crippen molar-refractivity contribution in [2.24, 2.45) is 7.05 Å². The van der Waals surface area contributed by atoms with Crippen molar-refractivity contribution < 1.29 is 23.5 Å². The number of hydrogen-bond donors (Lipinski definition) is 1. The monoisotopic (exact) mass is 311 g/mol. The number of benzene rings is 1. The van der Waals surface area contributed by atoms with Crippen molar-refractivity contribution >= 4 is 23.4 Å². The molecule has 0 saturated heterocycles. The molecule has 1 unspecified atom stereocenters. The highest BCUT2D eigenvalue weighted by atomic mass is 32.2. The number of carbonyl (C=O) groups excluding carboxylic acids is 1. The van der Waals surface area contributed by atoms with Crippen molar-refractivity contribution in [2.75, 3.05) is 5.32 Å². The third-order valence-electron chi connectivity index (χ3n) is 2.74. The Balaban J connectivity index is 2.06. The van der Waals surface area contributed by atoms with Crippen LogP contribution in [0.25, 0.3) is 0 Å². The van der Waals surface area contributed by atoms with Crippen molar-refractivity contribution in [3.05, 3.63) is 30.1 Å². The predicted molar refractivity (Wildman–Crippen MR) is 72.1 cm³/mol. The van der Waals surface area contributed by atoms with Crippen LogP contribution in [0, 0.1) is 5.82 Å². The molecule has 21 heavy (non-hydrogen) atoms. The average Bonchev–Trinajstić information content (AvgIpc) is 2.78. The smallest absolute Gasteiger partial charge is 0.291 e. The molecule has 0 aliphatic heterocycles. The number of carbonyl (C=O) groups is 1. The first kappa shape index (κ1) is 15.3. The van der Waals surface area contributed by atoms with Crippen LogP contribution in [0.4, 0.5) is 10.1 Å². The van der Waals surface area contributed by atoms with Crippen molar-refractivity contribution in [3.63, 3.8) is 0 Å². The molecule has 0 saturated carbocycles. The van der Waals surface area contributed by atoms with Gasteiger partial charge in [0, 0.05) is 5.69 Å². The summed E-state index contributed by atoms with van der Waals surface area (Å²) in [5, 5.41) is 17.4. The summed E-state index contributed by atoms with van der Waals surface area (Å²) < 4.78 is 18.6. The molecule has 6 nitrogen and oxygen atoms in total. The van der Waals surface area contributed by atoms with Gasteiger partial charge >= 0.3 is 0 Å². The van der Waals surface area contributed by atoms with E-state index >= 15 is 0 Å². The number of amides is 1. The molecule has 1 atom stereocenters. The average molecular weight is 311 g/mol. The molecule has 0 fully saturated rings. The Morgan fingerprint density at radius 2 is 2.19 bits per heavy atom. The summed E-state index contributed by atoms with van der Waals surface area (Å²) in [6, 6.07) is 5.48. The van der Waals surface area contributed by atoms with E-state index in [-0.39, 0.29) is 16.8 Å². The highest BCUT2D eigenvalue weighted by Crippen LogP contribution is 2.28. The molecule has 8 heteroatoms. The molecule has 1 N–H and O–H groups in total. The highest BCUT2D eigenvalue weighted by Gasteiger charge is 2.25. The first-order chi connectivity index (χ1) is 10.0. The van der Waals surface area contributed by atoms with Crippen LogP contribution in [0.15, 0.2) is 33.8 Å². The van der Waals surface area contributed by atoms with Crippen LogP contribution in [0.1, 0.15) is 13.3 Å². The first-order valence-corrected chi connectivity index (χ1v) is 7.15. The zero-order valence-electron chi connectivity index (χ0n) is 11.5. The minimum Gasteiger partial charge on any atom is -0.538 e. The third kappa shape index (κ3) is 3.72. The van der Waals surface area contributed by atoms with Crippen LogP contribution in [-0.4, -0.2) is 16.4 Å². The maximum absolute atomic E-state index is 12.8. The van der Waals surface area contributed by atoms with Crippen LogP contribution in [0.3, 0.4) is 0 Å². The summed E-state index contributed by atoms with van der Waals surface area (Å²) in [4.78, 5) is 12.2. The number of anilines is 1. The normalized spacial score (nSPS) is 12.1. The summed E-state index contributed by atoms with van der Waals surface area (Å²) in [6.45, 7) is 1.83. The molecule has 2 aromatic rings. The van der Waals surface area contributed by atoms with Crippen LogP contribution in [0.2, 0.25) is 0 Å². The van der Waals surface area contributed by atoms with Gasteiger partial charge < -0.3 is 14.9 Å². The standard InChI is InChI=1S/C13H14FN3O3S/c1-3-10(21-12-13(19)20-16-17(12)2)11(18)15-9-6-4-8(14)5-7-9/h4-7,10H,3H2,1-2H3,(H-,15,16,18,19). The lowest BCUT2D eigenvalue weighted by molar-refractivity contribution is -0.772. The fourth-order valence-electron chi connectivity index (χ4n) is 1.64. The minimum atomic E-state index is -0.574. The maximum Gasteiger partial charge on any atom is 0.291 e. The lowest BCUT2D eigenvalue weighted by Gasteiger charge is -2.12. The Kier molecular flexibility index (Phi) is 4.79. The number of aryl methyl sites for hydroxylation is 1. The largest absolute Gasteiger partial charge is 0.538 e. The van der Waals surface area contributed by atoms with Gasteiger partial charge in [0.25, 0.3) is 5.03 Å². The molecule has 0 spiro atoms. The molecule has 0 bridgehead atoms. The number of halogens is 1. The topological polar surface area (TPSA) is 82.1 Å². The number of aromatic nitrogens is 2. The van der Waals surface area contributed by atoms with Crippen LogP contribution in [-0.2, 0) is 11.8 Å².